The van der Waals surface area contributed by atoms with Gasteiger partial charge in [-0.15, -0.1) is 0 Å². The van der Waals surface area contributed by atoms with Gasteiger partial charge in [0.15, 0.2) is 11.5 Å². The van der Waals surface area contributed by atoms with Gasteiger partial charge in [-0.05, 0) is 28.1 Å². The molecule has 0 aliphatic carbocycles. The minimum absolute atomic E-state index is 0.124. The predicted octanol–water partition coefficient (Wildman–Crippen LogP) is 3.19. The lowest BCUT2D eigenvalue weighted by Crippen LogP contribution is -2.10. The van der Waals surface area contributed by atoms with E-state index in [1.165, 1.54) is 12.3 Å². The Morgan fingerprint density at radius 1 is 1.37 bits per heavy atom. The Morgan fingerprint density at radius 3 is 2.47 bits per heavy atom. The molecule has 2 rings (SSSR count). The number of aromatic nitrogens is 3. The monoisotopic (exact) mass is 355 g/mol. The van der Waals surface area contributed by atoms with Crippen molar-refractivity contribution in [1.29, 1.82) is 0 Å². The summed E-state index contributed by atoms with van der Waals surface area (Å²) >= 11 is 8.96. The van der Waals surface area contributed by atoms with E-state index >= 15 is 0 Å². The highest BCUT2D eigenvalue weighted by Gasteiger charge is 2.39. The van der Waals surface area contributed by atoms with Crippen molar-refractivity contribution in [3.63, 3.8) is 0 Å². The lowest BCUT2D eigenvalue weighted by Gasteiger charge is -2.03. The van der Waals surface area contributed by atoms with Gasteiger partial charge < -0.3 is 5.11 Å². The third kappa shape index (κ3) is 2.75. The van der Waals surface area contributed by atoms with E-state index in [9.17, 15) is 13.2 Å². The number of halogens is 5. The van der Waals surface area contributed by atoms with Gasteiger partial charge in [-0.3, -0.25) is 0 Å². The van der Waals surface area contributed by atoms with Gasteiger partial charge in [0.25, 0.3) is 0 Å². The molecule has 4 nitrogen and oxygen atoms in total. The molecule has 9 heteroatoms. The summed E-state index contributed by atoms with van der Waals surface area (Å²) in [6.07, 6.45) is -3.29. The number of rotatable bonds is 2. The quantitative estimate of drug-likeness (QED) is 0.899. The summed E-state index contributed by atoms with van der Waals surface area (Å²) in [5.41, 5.74) is -1.69. The number of pyridine rings is 1. The van der Waals surface area contributed by atoms with Gasteiger partial charge in [-0.1, -0.05) is 11.6 Å². The predicted molar refractivity (Wildman–Crippen MR) is 65.0 cm³/mol. The molecule has 0 fully saturated rings. The van der Waals surface area contributed by atoms with Crippen LogP contribution in [0, 0.1) is 0 Å². The molecule has 0 atom stereocenters. The summed E-state index contributed by atoms with van der Waals surface area (Å²) in [5, 5.41) is 12.1. The molecule has 0 saturated heterocycles. The molecule has 0 bridgehead atoms. The van der Waals surface area contributed by atoms with Crippen LogP contribution in [-0.4, -0.2) is 19.9 Å². The zero-order valence-electron chi connectivity index (χ0n) is 9.12. The minimum Gasteiger partial charge on any atom is -0.391 e. The third-order valence-corrected chi connectivity index (χ3v) is 3.13. The van der Waals surface area contributed by atoms with E-state index in [0.29, 0.717) is 4.47 Å². The van der Waals surface area contributed by atoms with Crippen molar-refractivity contribution in [3.05, 3.63) is 39.2 Å². The molecule has 2 aromatic heterocycles. The maximum Gasteiger partial charge on any atom is 0.435 e. The fourth-order valence-corrected chi connectivity index (χ4v) is 1.95. The first-order chi connectivity index (χ1) is 8.84. The van der Waals surface area contributed by atoms with Gasteiger partial charge in [0.2, 0.25) is 0 Å². The maximum absolute atomic E-state index is 12.7. The summed E-state index contributed by atoms with van der Waals surface area (Å²) in [4.78, 5) is 3.90. The lowest BCUT2D eigenvalue weighted by atomic mass is 10.2. The van der Waals surface area contributed by atoms with Gasteiger partial charge >= 0.3 is 6.18 Å². The molecule has 0 radical (unpaired) electrons. The number of hydrogen-bond donors (Lipinski definition) is 1. The van der Waals surface area contributed by atoms with Crippen LogP contribution in [0.5, 0.6) is 0 Å². The van der Waals surface area contributed by atoms with Gasteiger partial charge in [0, 0.05) is 16.2 Å². The second kappa shape index (κ2) is 5.10. The van der Waals surface area contributed by atoms with Crippen molar-refractivity contribution >= 4 is 27.5 Å². The summed E-state index contributed by atoms with van der Waals surface area (Å²) in [6.45, 7) is -0.857. The molecule has 0 amide bonds. The first-order valence-corrected chi connectivity index (χ1v) is 6.09. The maximum atomic E-state index is 12.7. The highest BCUT2D eigenvalue weighted by molar-refractivity contribution is 9.10. The molecule has 19 heavy (non-hydrogen) atoms. The van der Waals surface area contributed by atoms with Crippen LogP contribution in [0.25, 0.3) is 5.82 Å². The van der Waals surface area contributed by atoms with Crippen LogP contribution in [-0.2, 0) is 12.8 Å². The fourth-order valence-electron chi connectivity index (χ4n) is 1.44. The molecular formula is C10H6BrClF3N3O. The number of hydrogen-bond acceptors (Lipinski definition) is 3. The summed E-state index contributed by atoms with van der Waals surface area (Å²) in [5.74, 6) is 0.124. The van der Waals surface area contributed by atoms with Crippen LogP contribution < -0.4 is 0 Å². The summed E-state index contributed by atoms with van der Waals surface area (Å²) < 4.78 is 39.7. The molecule has 0 aliphatic rings. The largest absolute Gasteiger partial charge is 0.435 e. The van der Waals surface area contributed by atoms with Gasteiger partial charge in [0.05, 0.1) is 6.61 Å². The average molecular weight is 357 g/mol. The van der Waals surface area contributed by atoms with E-state index < -0.39 is 24.0 Å². The fraction of sp³-hybridized carbons (Fsp3) is 0.200. The number of aliphatic hydroxyl groups is 1. The first kappa shape index (κ1) is 14.3. The van der Waals surface area contributed by atoms with Crippen molar-refractivity contribution in [2.45, 2.75) is 12.8 Å². The summed E-state index contributed by atoms with van der Waals surface area (Å²) in [6, 6.07) is 3.04. The Bertz CT molecular complexity index is 597. The van der Waals surface area contributed by atoms with E-state index in [2.05, 4.69) is 26.0 Å². The molecule has 2 aromatic rings. The smallest absolute Gasteiger partial charge is 0.391 e. The molecule has 0 saturated carbocycles. The van der Waals surface area contributed by atoms with Gasteiger partial charge in [0.1, 0.15) is 5.15 Å². The minimum atomic E-state index is -4.69. The van der Waals surface area contributed by atoms with E-state index in [4.69, 9.17) is 16.7 Å². The summed E-state index contributed by atoms with van der Waals surface area (Å²) in [7, 11) is 0. The normalized spacial score (nSPS) is 11.9. The van der Waals surface area contributed by atoms with Crippen molar-refractivity contribution in [2.24, 2.45) is 0 Å². The highest BCUT2D eigenvalue weighted by Crippen LogP contribution is 2.35. The number of nitrogens with zero attached hydrogens (tertiary/aromatic N) is 3. The SMILES string of the molecule is OCc1c(C(F)(F)F)nn(-c2ccc(Br)cn2)c1Cl. The van der Waals surface area contributed by atoms with Crippen molar-refractivity contribution in [3.8, 4) is 5.82 Å². The topological polar surface area (TPSA) is 50.9 Å². The van der Waals surface area contributed by atoms with Crippen LogP contribution in [0.4, 0.5) is 13.2 Å². The van der Waals surface area contributed by atoms with Crippen LogP contribution in [0.1, 0.15) is 11.3 Å². The molecule has 0 aliphatic heterocycles. The Morgan fingerprint density at radius 2 is 2.05 bits per heavy atom. The second-order valence-corrected chi connectivity index (χ2v) is 4.79. The van der Waals surface area contributed by atoms with Gasteiger partial charge in [-0.2, -0.15) is 18.3 Å². The number of aliphatic hydroxyl groups excluding tert-OH is 1. The van der Waals surface area contributed by atoms with E-state index in [0.717, 1.165) is 4.68 Å². The van der Waals surface area contributed by atoms with E-state index in [1.807, 2.05) is 0 Å². The van der Waals surface area contributed by atoms with Crippen LogP contribution in [0.3, 0.4) is 0 Å². The van der Waals surface area contributed by atoms with Crippen LogP contribution in [0.2, 0.25) is 5.15 Å². The molecular weight excluding hydrogens is 350 g/mol. The number of alkyl halides is 3. The Hall–Kier alpha value is -1.12. The standard InChI is InChI=1S/C10H6BrClF3N3O/c11-5-1-2-7(16-3-5)18-9(12)6(4-19)8(17-18)10(13,14)15/h1-3,19H,4H2. The van der Waals surface area contributed by atoms with Crippen molar-refractivity contribution in [2.75, 3.05) is 0 Å². The molecule has 102 valence electrons. The second-order valence-electron chi connectivity index (χ2n) is 3.52. The Labute approximate surface area is 119 Å². The first-order valence-electron chi connectivity index (χ1n) is 4.92. The third-order valence-electron chi connectivity index (χ3n) is 2.28. The highest BCUT2D eigenvalue weighted by atomic mass is 79.9. The van der Waals surface area contributed by atoms with E-state index in [1.54, 1.807) is 6.07 Å². The molecule has 1 N–H and O–H groups in total. The van der Waals surface area contributed by atoms with Crippen molar-refractivity contribution in [1.82, 2.24) is 14.8 Å². The molecule has 2 heterocycles. The van der Waals surface area contributed by atoms with Crippen molar-refractivity contribution < 1.29 is 18.3 Å². The molecule has 0 spiro atoms. The molecule has 0 unspecified atom stereocenters. The zero-order chi connectivity index (χ0) is 14.2. The lowest BCUT2D eigenvalue weighted by molar-refractivity contribution is -0.142. The Kier molecular flexibility index (Phi) is 3.84. The van der Waals surface area contributed by atoms with Crippen LogP contribution >= 0.6 is 27.5 Å². The molecule has 0 aromatic carbocycles. The Balaban J connectivity index is 2.59. The van der Waals surface area contributed by atoms with Crippen LogP contribution in [0.15, 0.2) is 22.8 Å². The average Bonchev–Trinajstić information content (AvgIpc) is 2.67. The zero-order valence-corrected chi connectivity index (χ0v) is 11.5. The van der Waals surface area contributed by atoms with Gasteiger partial charge in [-0.25, -0.2) is 9.67 Å². The van der Waals surface area contributed by atoms with E-state index in [-0.39, 0.29) is 11.0 Å².